The average molecular weight is 555 g/mol. The first-order chi connectivity index (χ1) is 19.5. The zero-order valence-electron chi connectivity index (χ0n) is 23.6. The number of carbonyl (C=O) groups excluding carboxylic acids is 4. The molecular formula is C34H34O7. The summed E-state index contributed by atoms with van der Waals surface area (Å²) < 4.78 is 12.0. The van der Waals surface area contributed by atoms with Crippen LogP contribution in [0.15, 0.2) is 84.0 Å². The first-order valence-electron chi connectivity index (χ1n) is 14.1. The van der Waals surface area contributed by atoms with Crippen molar-refractivity contribution >= 4 is 24.0 Å². The lowest BCUT2D eigenvalue weighted by atomic mass is 9.59. The van der Waals surface area contributed by atoms with E-state index in [1.807, 2.05) is 6.92 Å². The van der Waals surface area contributed by atoms with E-state index in [1.165, 1.54) is 0 Å². The fraction of sp³-hybridized carbons (Fsp3) is 0.412. The van der Waals surface area contributed by atoms with E-state index in [2.05, 4.69) is 13.8 Å². The first kappa shape index (κ1) is 27.3. The number of carbonyl (C=O) groups is 4. The number of aliphatic hydroxyl groups is 1. The molecule has 2 bridgehead atoms. The summed E-state index contributed by atoms with van der Waals surface area (Å²) in [5, 5.41) is 13.0. The molecule has 0 aromatic heterocycles. The van der Waals surface area contributed by atoms with E-state index in [4.69, 9.17) is 9.47 Å². The molecule has 7 heteroatoms. The van der Waals surface area contributed by atoms with Crippen LogP contribution in [0.4, 0.5) is 0 Å². The lowest BCUT2D eigenvalue weighted by Gasteiger charge is -2.49. The number of aldehydes is 1. The molecule has 4 aliphatic carbocycles. The Balaban J connectivity index is 1.54. The molecule has 1 N–H and O–H groups in total. The molecule has 0 saturated heterocycles. The highest BCUT2D eigenvalue weighted by atomic mass is 16.6. The maximum absolute atomic E-state index is 14.8. The summed E-state index contributed by atoms with van der Waals surface area (Å²) in [5.41, 5.74) is -2.99. The van der Waals surface area contributed by atoms with Crippen LogP contribution in [0.3, 0.4) is 0 Å². The number of allylic oxidation sites excluding steroid dienone is 1. The fourth-order valence-electron chi connectivity index (χ4n) is 8.14. The lowest BCUT2D eigenvalue weighted by Crippen LogP contribution is -2.66. The highest BCUT2D eigenvalue weighted by Crippen LogP contribution is 2.71. The number of Topliss-reactive ketones (excluding diaryl/α,β-unsaturated/α-hetero) is 1. The molecule has 2 fully saturated rings. The summed E-state index contributed by atoms with van der Waals surface area (Å²) in [6, 6.07) is 16.6. The molecule has 2 saturated carbocycles. The van der Waals surface area contributed by atoms with Gasteiger partial charge in [0.2, 0.25) is 0 Å². The Hall–Kier alpha value is -3.84. The van der Waals surface area contributed by atoms with Crippen molar-refractivity contribution in [2.24, 2.45) is 34.5 Å². The number of ether oxygens (including phenoxy) is 2. The van der Waals surface area contributed by atoms with Gasteiger partial charge in [-0.05, 0) is 66.4 Å². The standard InChI is InChI=1S/C34H34O7/c1-19-17-33-20(2)15-25-26(32(25,3)4)24(27(33)36)16-23(18-35)29(41-31(38)22-13-9-6-10-14-22)34(33,39)28(19)40-30(37)21-11-7-5-8-12-21/h5-14,16-18,20,24-26,28-29,39H,15H2,1-4H3/t20-,24+,25-,26+,28+,29-,33+,34-/m1/s1. The molecule has 0 unspecified atom stereocenters. The third-order valence-electron chi connectivity index (χ3n) is 10.2. The fourth-order valence-corrected chi connectivity index (χ4v) is 8.14. The zero-order valence-corrected chi connectivity index (χ0v) is 23.6. The topological polar surface area (TPSA) is 107 Å². The minimum atomic E-state index is -2.26. The summed E-state index contributed by atoms with van der Waals surface area (Å²) in [7, 11) is 0. The van der Waals surface area contributed by atoms with Gasteiger partial charge in [-0.1, -0.05) is 69.3 Å². The average Bonchev–Trinajstić information content (AvgIpc) is 3.46. The second kappa shape index (κ2) is 9.35. The van der Waals surface area contributed by atoms with Crippen LogP contribution in [0.25, 0.3) is 0 Å². The molecule has 0 radical (unpaired) electrons. The number of fused-ring (bicyclic) bond motifs is 3. The molecule has 6 rings (SSSR count). The van der Waals surface area contributed by atoms with Crippen LogP contribution in [0.1, 0.15) is 54.8 Å². The van der Waals surface area contributed by atoms with Gasteiger partial charge >= 0.3 is 11.9 Å². The van der Waals surface area contributed by atoms with E-state index in [1.54, 1.807) is 79.7 Å². The zero-order chi connectivity index (χ0) is 29.3. The quantitative estimate of drug-likeness (QED) is 0.323. The molecular weight excluding hydrogens is 520 g/mol. The molecule has 7 nitrogen and oxygen atoms in total. The second-order valence-electron chi connectivity index (χ2n) is 12.7. The van der Waals surface area contributed by atoms with Crippen molar-refractivity contribution in [2.45, 2.75) is 51.9 Å². The molecule has 2 aromatic rings. The second-order valence-corrected chi connectivity index (χ2v) is 12.7. The minimum Gasteiger partial charge on any atom is -0.451 e. The van der Waals surface area contributed by atoms with Gasteiger partial charge in [0.05, 0.1) is 16.5 Å². The molecule has 1 spiro atoms. The molecule has 0 heterocycles. The van der Waals surface area contributed by atoms with Crippen LogP contribution in [0, 0.1) is 34.5 Å². The normalized spacial score (nSPS) is 36.4. The van der Waals surface area contributed by atoms with Crippen LogP contribution in [0.2, 0.25) is 0 Å². The molecule has 41 heavy (non-hydrogen) atoms. The summed E-state index contributed by atoms with van der Waals surface area (Å²) in [6.45, 7) is 7.87. The smallest absolute Gasteiger partial charge is 0.338 e. The van der Waals surface area contributed by atoms with Crippen molar-refractivity contribution in [3.63, 3.8) is 0 Å². The van der Waals surface area contributed by atoms with E-state index in [0.717, 1.165) is 0 Å². The van der Waals surface area contributed by atoms with Gasteiger partial charge < -0.3 is 14.6 Å². The van der Waals surface area contributed by atoms with Gasteiger partial charge in [-0.3, -0.25) is 9.59 Å². The maximum Gasteiger partial charge on any atom is 0.338 e. The number of benzene rings is 2. The highest BCUT2D eigenvalue weighted by Gasteiger charge is 2.77. The van der Waals surface area contributed by atoms with E-state index in [9.17, 15) is 24.3 Å². The van der Waals surface area contributed by atoms with Gasteiger partial charge in [-0.2, -0.15) is 0 Å². The van der Waals surface area contributed by atoms with Crippen LogP contribution >= 0.6 is 0 Å². The van der Waals surface area contributed by atoms with Crippen molar-refractivity contribution in [1.82, 2.24) is 0 Å². The predicted molar refractivity (Wildman–Crippen MR) is 150 cm³/mol. The lowest BCUT2D eigenvalue weighted by molar-refractivity contribution is -0.190. The number of ketones is 1. The van der Waals surface area contributed by atoms with E-state index < -0.39 is 47.0 Å². The van der Waals surface area contributed by atoms with Gasteiger partial charge in [-0.15, -0.1) is 0 Å². The molecule has 2 aromatic carbocycles. The summed E-state index contributed by atoms with van der Waals surface area (Å²) in [5.74, 6) is -2.57. The van der Waals surface area contributed by atoms with Gasteiger partial charge in [0.15, 0.2) is 23.6 Å². The number of hydrogen-bond acceptors (Lipinski definition) is 7. The maximum atomic E-state index is 14.8. The third kappa shape index (κ3) is 3.74. The summed E-state index contributed by atoms with van der Waals surface area (Å²) in [6.07, 6.45) is 1.61. The van der Waals surface area contributed by atoms with Crippen LogP contribution < -0.4 is 0 Å². The Morgan fingerprint density at radius 3 is 2.00 bits per heavy atom. The summed E-state index contributed by atoms with van der Waals surface area (Å²) >= 11 is 0. The Morgan fingerprint density at radius 2 is 1.46 bits per heavy atom. The Kier molecular flexibility index (Phi) is 6.23. The Labute approximate surface area is 239 Å². The van der Waals surface area contributed by atoms with E-state index in [-0.39, 0.29) is 39.7 Å². The highest BCUT2D eigenvalue weighted by molar-refractivity contribution is 5.98. The van der Waals surface area contributed by atoms with Crippen LogP contribution in [0.5, 0.6) is 0 Å². The molecule has 8 atom stereocenters. The van der Waals surface area contributed by atoms with Gasteiger partial charge in [0.25, 0.3) is 0 Å². The van der Waals surface area contributed by atoms with Crippen LogP contribution in [-0.4, -0.2) is 46.9 Å². The van der Waals surface area contributed by atoms with Crippen molar-refractivity contribution in [3.8, 4) is 0 Å². The largest absolute Gasteiger partial charge is 0.451 e. The van der Waals surface area contributed by atoms with Gasteiger partial charge in [0, 0.05) is 11.5 Å². The van der Waals surface area contributed by atoms with Gasteiger partial charge in [0.1, 0.15) is 6.29 Å². The predicted octanol–water partition coefficient (Wildman–Crippen LogP) is 4.75. The van der Waals surface area contributed by atoms with E-state index >= 15 is 0 Å². The molecule has 4 aliphatic rings. The van der Waals surface area contributed by atoms with Crippen molar-refractivity contribution in [1.29, 1.82) is 0 Å². The Bertz CT molecular complexity index is 1490. The van der Waals surface area contributed by atoms with Crippen molar-refractivity contribution in [3.05, 3.63) is 95.1 Å². The number of rotatable bonds is 5. The van der Waals surface area contributed by atoms with Crippen molar-refractivity contribution < 1.29 is 33.8 Å². The number of hydrogen-bond donors (Lipinski definition) is 1. The number of esters is 2. The van der Waals surface area contributed by atoms with Gasteiger partial charge in [-0.25, -0.2) is 9.59 Å². The molecule has 0 amide bonds. The first-order valence-corrected chi connectivity index (χ1v) is 14.1. The summed E-state index contributed by atoms with van der Waals surface area (Å²) in [4.78, 5) is 54.3. The van der Waals surface area contributed by atoms with Crippen LogP contribution in [-0.2, 0) is 19.1 Å². The van der Waals surface area contributed by atoms with Crippen molar-refractivity contribution in [2.75, 3.05) is 0 Å². The SMILES string of the molecule is CC1=C[C@]23C(=O)[C@@H](C=C(C=O)[C@@H](OC(=O)c4ccccc4)[C@]2(O)[C@H]1OC(=O)c1ccccc1)[C@H]1[C@@H](C[C@H]3C)C1(C)C. The third-order valence-corrected chi connectivity index (χ3v) is 10.2. The monoisotopic (exact) mass is 554 g/mol. The van der Waals surface area contributed by atoms with E-state index in [0.29, 0.717) is 18.3 Å². The minimum absolute atomic E-state index is 0.00332. The Morgan fingerprint density at radius 1 is 0.927 bits per heavy atom. The molecule has 212 valence electrons. The molecule has 0 aliphatic heterocycles.